The fourth-order valence-electron chi connectivity index (χ4n) is 4.71. The minimum atomic E-state index is -0.857. The zero-order chi connectivity index (χ0) is 19.0. The number of carboxylic acids is 1. The number of carboxylic acid groups (broad SMARTS) is 1. The molecule has 7 heteroatoms. The van der Waals surface area contributed by atoms with E-state index in [1.807, 2.05) is 6.20 Å². The van der Waals surface area contributed by atoms with E-state index >= 15 is 0 Å². The molecule has 3 aliphatic rings. The van der Waals surface area contributed by atoms with Crippen molar-refractivity contribution in [3.05, 3.63) is 18.1 Å². The third-order valence-electron chi connectivity index (χ3n) is 6.41. The second-order valence-corrected chi connectivity index (χ2v) is 8.41. The molecule has 27 heavy (non-hydrogen) atoms. The number of rotatable bonds is 5. The number of hydrogen-bond donors (Lipinski definition) is 1. The van der Waals surface area contributed by atoms with E-state index in [0.717, 1.165) is 57.4 Å². The van der Waals surface area contributed by atoms with E-state index in [1.165, 1.54) is 5.56 Å². The van der Waals surface area contributed by atoms with Crippen LogP contribution in [0.15, 0.2) is 12.5 Å². The molecule has 1 amide bonds. The number of hydrogen-bond acceptors (Lipinski definition) is 5. The Morgan fingerprint density at radius 1 is 1.30 bits per heavy atom. The van der Waals surface area contributed by atoms with Gasteiger partial charge in [-0.25, -0.2) is 14.8 Å². The van der Waals surface area contributed by atoms with E-state index < -0.39 is 12.0 Å². The highest BCUT2D eigenvalue weighted by Crippen LogP contribution is 2.46. The van der Waals surface area contributed by atoms with Crippen molar-refractivity contribution in [1.82, 2.24) is 14.9 Å². The maximum Gasteiger partial charge on any atom is 0.326 e. The summed E-state index contributed by atoms with van der Waals surface area (Å²) in [4.78, 5) is 37.0. The lowest BCUT2D eigenvalue weighted by atomic mass is 9.76. The van der Waals surface area contributed by atoms with Crippen LogP contribution < -0.4 is 4.90 Å². The Bertz CT molecular complexity index is 726. The Hall–Kier alpha value is -2.18. The Kier molecular flexibility index (Phi) is 4.78. The van der Waals surface area contributed by atoms with Crippen molar-refractivity contribution >= 4 is 17.7 Å². The molecule has 146 valence electrons. The van der Waals surface area contributed by atoms with Crippen LogP contribution >= 0.6 is 0 Å². The highest BCUT2D eigenvalue weighted by atomic mass is 16.4. The molecule has 1 unspecified atom stereocenters. The average molecular weight is 372 g/mol. The van der Waals surface area contributed by atoms with Gasteiger partial charge in [0.15, 0.2) is 0 Å². The molecule has 3 heterocycles. The molecule has 1 aromatic rings. The van der Waals surface area contributed by atoms with Crippen LogP contribution in [0.5, 0.6) is 0 Å². The van der Waals surface area contributed by atoms with Crippen LogP contribution in [0, 0.1) is 11.3 Å². The quantitative estimate of drug-likeness (QED) is 0.852. The van der Waals surface area contributed by atoms with Crippen LogP contribution in [0.1, 0.15) is 51.0 Å². The van der Waals surface area contributed by atoms with Gasteiger partial charge >= 0.3 is 5.97 Å². The van der Waals surface area contributed by atoms with E-state index in [2.05, 4.69) is 21.8 Å². The molecule has 1 N–H and O–H groups in total. The van der Waals surface area contributed by atoms with Crippen LogP contribution in [0.2, 0.25) is 0 Å². The monoisotopic (exact) mass is 372 g/mol. The summed E-state index contributed by atoms with van der Waals surface area (Å²) >= 11 is 0. The number of nitrogens with zero attached hydrogens (tertiary/aromatic N) is 4. The minimum absolute atomic E-state index is 0.0581. The van der Waals surface area contributed by atoms with Gasteiger partial charge in [-0.15, -0.1) is 0 Å². The average Bonchev–Trinajstić information content (AvgIpc) is 3.45. The van der Waals surface area contributed by atoms with Crippen molar-refractivity contribution in [3.63, 3.8) is 0 Å². The molecule has 0 aromatic carbocycles. The van der Waals surface area contributed by atoms with Gasteiger partial charge in [0.25, 0.3) is 0 Å². The summed E-state index contributed by atoms with van der Waals surface area (Å²) in [6, 6.07) is -0.653. The molecular formula is C20H28N4O3. The van der Waals surface area contributed by atoms with Crippen molar-refractivity contribution < 1.29 is 14.7 Å². The lowest BCUT2D eigenvalue weighted by Gasteiger charge is -2.40. The normalized spacial score (nSPS) is 24.4. The summed E-state index contributed by atoms with van der Waals surface area (Å²) in [5, 5.41) is 9.65. The lowest BCUT2D eigenvalue weighted by Crippen LogP contribution is -2.44. The Labute approximate surface area is 159 Å². The van der Waals surface area contributed by atoms with E-state index in [4.69, 9.17) is 0 Å². The number of carbonyl (C=O) groups excluding carboxylic acids is 1. The molecule has 1 saturated carbocycles. The molecule has 4 rings (SSSR count). The van der Waals surface area contributed by atoms with Gasteiger partial charge in [0, 0.05) is 37.3 Å². The first-order valence-electron chi connectivity index (χ1n) is 10.1. The topological polar surface area (TPSA) is 86.6 Å². The third-order valence-corrected chi connectivity index (χ3v) is 6.41. The van der Waals surface area contributed by atoms with Crippen molar-refractivity contribution in [2.75, 3.05) is 24.5 Å². The number of aliphatic carboxylic acids is 1. The van der Waals surface area contributed by atoms with Gasteiger partial charge in [-0.2, -0.15) is 0 Å². The second kappa shape index (κ2) is 7.09. The fraction of sp³-hybridized carbons (Fsp3) is 0.700. The van der Waals surface area contributed by atoms with Crippen LogP contribution in [-0.4, -0.2) is 57.5 Å². The summed E-state index contributed by atoms with van der Waals surface area (Å²) in [6.45, 7) is 4.45. The number of likely N-dealkylation sites (tertiary alicyclic amines) is 1. The minimum Gasteiger partial charge on any atom is -0.480 e. The fourth-order valence-corrected chi connectivity index (χ4v) is 4.71. The highest BCUT2D eigenvalue weighted by Gasteiger charge is 2.51. The maximum atomic E-state index is 12.6. The number of aromatic nitrogens is 2. The smallest absolute Gasteiger partial charge is 0.326 e. The third kappa shape index (κ3) is 3.51. The molecule has 3 fully saturated rings. The first kappa shape index (κ1) is 18.2. The van der Waals surface area contributed by atoms with Crippen LogP contribution in [-0.2, 0) is 16.0 Å². The van der Waals surface area contributed by atoms with Gasteiger partial charge in [-0.3, -0.25) is 4.79 Å². The Morgan fingerprint density at radius 2 is 2.04 bits per heavy atom. The second-order valence-electron chi connectivity index (χ2n) is 8.41. The van der Waals surface area contributed by atoms with E-state index in [-0.39, 0.29) is 17.2 Å². The van der Waals surface area contributed by atoms with Gasteiger partial charge in [0.2, 0.25) is 5.91 Å². The molecular weight excluding hydrogens is 344 g/mol. The van der Waals surface area contributed by atoms with Crippen LogP contribution in [0.3, 0.4) is 0 Å². The zero-order valence-corrected chi connectivity index (χ0v) is 15.9. The van der Waals surface area contributed by atoms with Crippen molar-refractivity contribution in [2.24, 2.45) is 11.3 Å². The zero-order valence-electron chi connectivity index (χ0n) is 15.9. The lowest BCUT2D eigenvalue weighted by molar-refractivity contribution is -0.148. The number of piperidine rings is 1. The molecule has 7 nitrogen and oxygen atoms in total. The van der Waals surface area contributed by atoms with Crippen LogP contribution in [0.25, 0.3) is 0 Å². The molecule has 1 aromatic heterocycles. The van der Waals surface area contributed by atoms with Crippen molar-refractivity contribution in [3.8, 4) is 0 Å². The summed E-state index contributed by atoms with van der Waals surface area (Å²) in [6.07, 6.45) is 9.74. The predicted molar refractivity (Wildman–Crippen MR) is 100 cm³/mol. The summed E-state index contributed by atoms with van der Waals surface area (Å²) < 4.78 is 0. The van der Waals surface area contributed by atoms with Crippen molar-refractivity contribution in [2.45, 2.75) is 57.9 Å². The standard InChI is InChI=1S/C20H28N4O3/c1-2-3-15-11-21-13-22-17(15)23-8-6-20(7-9-23)10-16(19(26)27)24(12-20)18(25)14-4-5-14/h11,13-14,16H,2-10,12H2,1H3,(H,26,27). The van der Waals surface area contributed by atoms with Gasteiger partial charge in [0.1, 0.15) is 18.2 Å². The summed E-state index contributed by atoms with van der Waals surface area (Å²) in [5.74, 6) is 0.284. The molecule has 0 radical (unpaired) electrons. The summed E-state index contributed by atoms with van der Waals surface area (Å²) in [5.41, 5.74) is 1.11. The predicted octanol–water partition coefficient (Wildman–Crippen LogP) is 2.11. The molecule has 2 aliphatic heterocycles. The highest BCUT2D eigenvalue weighted by molar-refractivity contribution is 5.87. The number of aryl methyl sites for hydroxylation is 1. The number of carbonyl (C=O) groups is 2. The molecule has 1 spiro atoms. The summed E-state index contributed by atoms with van der Waals surface area (Å²) in [7, 11) is 0. The maximum absolute atomic E-state index is 12.6. The van der Waals surface area contributed by atoms with Crippen LogP contribution in [0.4, 0.5) is 5.82 Å². The van der Waals surface area contributed by atoms with Gasteiger partial charge < -0.3 is 14.9 Å². The molecule has 1 atom stereocenters. The van der Waals surface area contributed by atoms with Gasteiger partial charge in [0.05, 0.1) is 0 Å². The first-order chi connectivity index (χ1) is 13.0. The Balaban J connectivity index is 1.47. The van der Waals surface area contributed by atoms with E-state index in [9.17, 15) is 14.7 Å². The van der Waals surface area contributed by atoms with E-state index in [0.29, 0.717) is 13.0 Å². The molecule has 0 bridgehead atoms. The molecule has 1 aliphatic carbocycles. The largest absolute Gasteiger partial charge is 0.480 e. The van der Waals surface area contributed by atoms with E-state index in [1.54, 1.807) is 11.2 Å². The molecule has 2 saturated heterocycles. The number of amides is 1. The van der Waals surface area contributed by atoms with Gasteiger partial charge in [-0.1, -0.05) is 13.3 Å². The SMILES string of the molecule is CCCc1cncnc1N1CCC2(CC1)CC(C(=O)O)N(C(=O)C1CC1)C2. The Morgan fingerprint density at radius 3 is 2.67 bits per heavy atom. The number of anilines is 1. The van der Waals surface area contributed by atoms with Gasteiger partial charge in [-0.05, 0) is 43.9 Å². The van der Waals surface area contributed by atoms with Crippen molar-refractivity contribution in [1.29, 1.82) is 0 Å². The first-order valence-corrected chi connectivity index (χ1v) is 10.1.